The molecule has 17 heavy (non-hydrogen) atoms. The molecule has 1 saturated heterocycles. The van der Waals surface area contributed by atoms with Crippen molar-refractivity contribution in [1.29, 1.82) is 0 Å². The predicted molar refractivity (Wildman–Crippen MR) is 70.3 cm³/mol. The molecule has 1 fully saturated rings. The van der Waals surface area contributed by atoms with Crippen LogP contribution in [0.25, 0.3) is 10.9 Å². The number of hydrogen-bond acceptors (Lipinski definition) is 4. The van der Waals surface area contributed by atoms with Crippen molar-refractivity contribution in [2.45, 2.75) is 0 Å². The highest BCUT2D eigenvalue weighted by Crippen LogP contribution is 2.27. The van der Waals surface area contributed by atoms with Crippen molar-refractivity contribution < 1.29 is 4.74 Å². The Morgan fingerprint density at radius 1 is 1.24 bits per heavy atom. The lowest BCUT2D eigenvalue weighted by Gasteiger charge is -2.29. The standard InChI is InChI=1S/C12H12BrN3O/c13-9-1-2-11-10(7-9)12(8-14-15-11)16-3-5-17-6-4-16/h1-2,7-8H,3-6H2. The van der Waals surface area contributed by atoms with Crippen molar-refractivity contribution in [3.8, 4) is 0 Å². The monoisotopic (exact) mass is 293 g/mol. The Kier molecular flexibility index (Phi) is 2.94. The second-order valence-corrected chi connectivity index (χ2v) is 4.91. The van der Waals surface area contributed by atoms with E-state index in [1.165, 1.54) is 0 Å². The van der Waals surface area contributed by atoms with E-state index in [4.69, 9.17) is 4.74 Å². The molecule has 0 spiro atoms. The van der Waals surface area contributed by atoms with Gasteiger partial charge in [-0.25, -0.2) is 0 Å². The summed E-state index contributed by atoms with van der Waals surface area (Å²) in [5, 5.41) is 9.35. The van der Waals surface area contributed by atoms with Crippen molar-refractivity contribution in [2.75, 3.05) is 31.2 Å². The van der Waals surface area contributed by atoms with E-state index >= 15 is 0 Å². The normalized spacial score (nSPS) is 16.4. The van der Waals surface area contributed by atoms with Crippen LogP contribution in [0.3, 0.4) is 0 Å². The number of halogens is 1. The molecule has 0 bridgehead atoms. The molecule has 1 aromatic heterocycles. The molecule has 1 aliphatic heterocycles. The van der Waals surface area contributed by atoms with Crippen LogP contribution in [0.2, 0.25) is 0 Å². The molecule has 2 aromatic rings. The fraction of sp³-hybridized carbons (Fsp3) is 0.333. The van der Waals surface area contributed by atoms with Gasteiger partial charge in [0.15, 0.2) is 0 Å². The van der Waals surface area contributed by atoms with Crippen molar-refractivity contribution in [1.82, 2.24) is 10.2 Å². The van der Waals surface area contributed by atoms with Gasteiger partial charge in [0.1, 0.15) is 0 Å². The summed E-state index contributed by atoms with van der Waals surface area (Å²) >= 11 is 3.50. The van der Waals surface area contributed by atoms with Crippen molar-refractivity contribution in [3.63, 3.8) is 0 Å². The molecule has 4 nitrogen and oxygen atoms in total. The van der Waals surface area contributed by atoms with Gasteiger partial charge in [0.2, 0.25) is 0 Å². The van der Waals surface area contributed by atoms with Crippen LogP contribution in [0.4, 0.5) is 5.69 Å². The van der Waals surface area contributed by atoms with Crippen molar-refractivity contribution >= 4 is 32.5 Å². The van der Waals surface area contributed by atoms with Gasteiger partial charge in [0.25, 0.3) is 0 Å². The van der Waals surface area contributed by atoms with Gasteiger partial charge in [-0.05, 0) is 18.2 Å². The van der Waals surface area contributed by atoms with E-state index in [1.807, 2.05) is 18.3 Å². The molecule has 2 heterocycles. The number of fused-ring (bicyclic) bond motifs is 1. The van der Waals surface area contributed by atoms with Gasteiger partial charge in [-0.3, -0.25) is 0 Å². The smallest absolute Gasteiger partial charge is 0.0951 e. The molecule has 0 radical (unpaired) electrons. The second-order valence-electron chi connectivity index (χ2n) is 3.99. The Labute approximate surface area is 108 Å². The Morgan fingerprint density at radius 3 is 2.88 bits per heavy atom. The molecule has 0 N–H and O–H groups in total. The lowest BCUT2D eigenvalue weighted by Crippen LogP contribution is -2.36. The highest BCUT2D eigenvalue weighted by Gasteiger charge is 2.14. The summed E-state index contributed by atoms with van der Waals surface area (Å²) in [5.41, 5.74) is 2.07. The molecular weight excluding hydrogens is 282 g/mol. The number of rotatable bonds is 1. The average molecular weight is 294 g/mol. The van der Waals surface area contributed by atoms with Gasteiger partial charge >= 0.3 is 0 Å². The van der Waals surface area contributed by atoms with E-state index in [2.05, 4.69) is 37.1 Å². The molecule has 0 atom stereocenters. The zero-order chi connectivity index (χ0) is 11.7. The topological polar surface area (TPSA) is 38.2 Å². The zero-order valence-corrected chi connectivity index (χ0v) is 10.9. The number of benzene rings is 1. The van der Waals surface area contributed by atoms with Crippen LogP contribution < -0.4 is 4.90 Å². The van der Waals surface area contributed by atoms with E-state index < -0.39 is 0 Å². The van der Waals surface area contributed by atoms with E-state index in [0.29, 0.717) is 0 Å². The highest BCUT2D eigenvalue weighted by atomic mass is 79.9. The molecule has 5 heteroatoms. The maximum absolute atomic E-state index is 5.37. The second kappa shape index (κ2) is 4.58. The SMILES string of the molecule is Brc1ccc2nncc(N3CCOCC3)c2c1. The summed E-state index contributed by atoms with van der Waals surface area (Å²) in [6.45, 7) is 3.37. The summed E-state index contributed by atoms with van der Waals surface area (Å²) in [6.07, 6.45) is 1.83. The van der Waals surface area contributed by atoms with Gasteiger partial charge in [-0.2, -0.15) is 10.2 Å². The van der Waals surface area contributed by atoms with E-state index in [0.717, 1.165) is 47.4 Å². The van der Waals surface area contributed by atoms with Crippen LogP contribution in [0.5, 0.6) is 0 Å². The number of morpholine rings is 1. The fourth-order valence-corrected chi connectivity index (χ4v) is 2.43. The minimum absolute atomic E-state index is 0.776. The third kappa shape index (κ3) is 2.12. The lowest BCUT2D eigenvalue weighted by atomic mass is 10.2. The third-order valence-electron chi connectivity index (χ3n) is 2.93. The minimum atomic E-state index is 0.776. The Hall–Kier alpha value is -1.20. The van der Waals surface area contributed by atoms with Crippen LogP contribution in [0.15, 0.2) is 28.9 Å². The molecule has 0 saturated carbocycles. The zero-order valence-electron chi connectivity index (χ0n) is 9.27. The quantitative estimate of drug-likeness (QED) is 0.808. The average Bonchev–Trinajstić information content (AvgIpc) is 2.39. The van der Waals surface area contributed by atoms with Crippen LogP contribution in [-0.4, -0.2) is 36.5 Å². The Bertz CT molecular complexity index is 540. The molecule has 88 valence electrons. The van der Waals surface area contributed by atoms with E-state index in [-0.39, 0.29) is 0 Å². The minimum Gasteiger partial charge on any atom is -0.378 e. The van der Waals surface area contributed by atoms with Gasteiger partial charge in [0.05, 0.1) is 30.6 Å². The first-order valence-electron chi connectivity index (χ1n) is 5.58. The summed E-state index contributed by atoms with van der Waals surface area (Å²) in [4.78, 5) is 2.30. The first-order valence-corrected chi connectivity index (χ1v) is 6.37. The van der Waals surface area contributed by atoms with Crippen molar-refractivity contribution in [3.05, 3.63) is 28.9 Å². The molecule has 1 aromatic carbocycles. The maximum Gasteiger partial charge on any atom is 0.0951 e. The highest BCUT2D eigenvalue weighted by molar-refractivity contribution is 9.10. The van der Waals surface area contributed by atoms with Crippen LogP contribution in [0.1, 0.15) is 0 Å². The van der Waals surface area contributed by atoms with E-state index in [9.17, 15) is 0 Å². The van der Waals surface area contributed by atoms with E-state index in [1.54, 1.807) is 0 Å². The molecule has 0 amide bonds. The maximum atomic E-state index is 5.37. The summed E-state index contributed by atoms with van der Waals surface area (Å²) in [5.74, 6) is 0. The molecule has 0 unspecified atom stereocenters. The molecule has 0 aliphatic carbocycles. The van der Waals surface area contributed by atoms with Crippen LogP contribution in [-0.2, 0) is 4.74 Å². The Balaban J connectivity index is 2.11. The van der Waals surface area contributed by atoms with Gasteiger partial charge < -0.3 is 9.64 Å². The summed E-state index contributed by atoms with van der Waals surface area (Å²) in [6, 6.07) is 6.06. The van der Waals surface area contributed by atoms with Gasteiger partial charge in [-0.15, -0.1) is 0 Å². The summed E-state index contributed by atoms with van der Waals surface area (Å²) < 4.78 is 6.43. The lowest BCUT2D eigenvalue weighted by molar-refractivity contribution is 0.123. The predicted octanol–water partition coefficient (Wildman–Crippen LogP) is 2.23. The summed E-state index contributed by atoms with van der Waals surface area (Å²) in [7, 11) is 0. The first kappa shape index (κ1) is 10.9. The van der Waals surface area contributed by atoms with Crippen LogP contribution in [0, 0.1) is 0 Å². The number of hydrogen-bond donors (Lipinski definition) is 0. The fourth-order valence-electron chi connectivity index (χ4n) is 2.07. The first-order chi connectivity index (χ1) is 8.34. The third-order valence-corrected chi connectivity index (χ3v) is 3.43. The van der Waals surface area contributed by atoms with Gasteiger partial charge in [0, 0.05) is 22.9 Å². The molecule has 1 aliphatic rings. The van der Waals surface area contributed by atoms with Crippen molar-refractivity contribution in [2.24, 2.45) is 0 Å². The number of nitrogens with zero attached hydrogens (tertiary/aromatic N) is 3. The Morgan fingerprint density at radius 2 is 2.06 bits per heavy atom. The largest absolute Gasteiger partial charge is 0.378 e. The van der Waals surface area contributed by atoms with Gasteiger partial charge in [-0.1, -0.05) is 15.9 Å². The number of aromatic nitrogens is 2. The van der Waals surface area contributed by atoms with Crippen LogP contribution >= 0.6 is 15.9 Å². The number of anilines is 1. The number of ether oxygens (including phenoxy) is 1. The molecule has 3 rings (SSSR count). The molecular formula is C12H12BrN3O.